The average Bonchev–Trinajstić information content (AvgIpc) is 2.67. The number of halogens is 2. The van der Waals surface area contributed by atoms with Gasteiger partial charge in [-0.1, -0.05) is 0 Å². The van der Waals surface area contributed by atoms with Gasteiger partial charge in [-0.25, -0.2) is 8.78 Å². The van der Waals surface area contributed by atoms with E-state index in [0.29, 0.717) is 11.3 Å². The highest BCUT2D eigenvalue weighted by Crippen LogP contribution is 2.31. The number of amides is 1. The molecule has 0 aromatic carbocycles. The largest absolute Gasteiger partial charge is 0.490 e. The van der Waals surface area contributed by atoms with Gasteiger partial charge < -0.3 is 9.64 Å². The number of hydrogen-bond acceptors (Lipinski definition) is 4. The molecule has 1 aromatic rings. The van der Waals surface area contributed by atoms with Crippen LogP contribution in [0.4, 0.5) is 8.78 Å². The standard InChI is InChI=1S/C14H15F2N3O2/c1-14(2,12(15)16)13(20)19-3-4-21-11-9(5-17)6-18-7-10(11)8-19/h6-7,12H,3-4,8H2,1-2H3. The molecule has 1 aromatic heterocycles. The van der Waals surface area contributed by atoms with Crippen LogP contribution in [-0.2, 0) is 11.3 Å². The molecule has 2 heterocycles. The van der Waals surface area contributed by atoms with Crippen LogP contribution in [0.15, 0.2) is 12.4 Å². The van der Waals surface area contributed by atoms with Crippen molar-refractivity contribution in [3.05, 3.63) is 23.5 Å². The van der Waals surface area contributed by atoms with Gasteiger partial charge >= 0.3 is 0 Å². The lowest BCUT2D eigenvalue weighted by atomic mass is 9.92. The minimum Gasteiger partial charge on any atom is -0.490 e. The van der Waals surface area contributed by atoms with Gasteiger partial charge in [0.25, 0.3) is 6.43 Å². The molecule has 0 unspecified atom stereocenters. The van der Waals surface area contributed by atoms with E-state index >= 15 is 0 Å². The number of fused-ring (bicyclic) bond motifs is 1. The number of rotatable bonds is 2. The number of ether oxygens (including phenoxy) is 1. The molecule has 0 bridgehead atoms. The maximum Gasteiger partial charge on any atom is 0.252 e. The van der Waals surface area contributed by atoms with Crippen molar-refractivity contribution in [2.24, 2.45) is 5.41 Å². The van der Waals surface area contributed by atoms with Gasteiger partial charge in [-0.3, -0.25) is 9.78 Å². The van der Waals surface area contributed by atoms with E-state index in [1.165, 1.54) is 31.1 Å². The maximum atomic E-state index is 13.0. The number of pyridine rings is 1. The third-order valence-electron chi connectivity index (χ3n) is 3.44. The lowest BCUT2D eigenvalue weighted by molar-refractivity contribution is -0.149. The summed E-state index contributed by atoms with van der Waals surface area (Å²) >= 11 is 0. The Hall–Kier alpha value is -2.23. The molecular weight excluding hydrogens is 280 g/mol. The average molecular weight is 295 g/mol. The smallest absolute Gasteiger partial charge is 0.252 e. The molecule has 0 saturated heterocycles. The second-order valence-corrected chi connectivity index (χ2v) is 5.38. The monoisotopic (exact) mass is 295 g/mol. The Morgan fingerprint density at radius 3 is 2.86 bits per heavy atom. The Balaban J connectivity index is 2.30. The van der Waals surface area contributed by atoms with Crippen LogP contribution in [0.3, 0.4) is 0 Å². The van der Waals surface area contributed by atoms with Crippen LogP contribution in [0.1, 0.15) is 25.0 Å². The highest BCUT2D eigenvalue weighted by molar-refractivity contribution is 5.82. The number of alkyl halides is 2. The van der Waals surface area contributed by atoms with Crippen molar-refractivity contribution in [1.29, 1.82) is 5.26 Å². The summed E-state index contributed by atoms with van der Waals surface area (Å²) in [4.78, 5) is 17.5. The predicted octanol–water partition coefficient (Wildman–Crippen LogP) is 1.97. The van der Waals surface area contributed by atoms with Crippen molar-refractivity contribution in [1.82, 2.24) is 9.88 Å². The number of carbonyl (C=O) groups excluding carboxylic acids is 1. The Labute approximate surface area is 121 Å². The van der Waals surface area contributed by atoms with Gasteiger partial charge in [-0.05, 0) is 13.8 Å². The fraction of sp³-hybridized carbons (Fsp3) is 0.500. The normalized spacial score (nSPS) is 15.0. The zero-order valence-electron chi connectivity index (χ0n) is 11.8. The van der Waals surface area contributed by atoms with E-state index in [0.717, 1.165) is 0 Å². The summed E-state index contributed by atoms with van der Waals surface area (Å²) in [6.45, 7) is 2.88. The van der Waals surface area contributed by atoms with Crippen molar-refractivity contribution in [3.8, 4) is 11.8 Å². The van der Waals surface area contributed by atoms with Crippen LogP contribution in [0, 0.1) is 16.7 Å². The van der Waals surface area contributed by atoms with Gasteiger partial charge in [0.1, 0.15) is 29.4 Å². The van der Waals surface area contributed by atoms with Crippen LogP contribution >= 0.6 is 0 Å². The Morgan fingerprint density at radius 1 is 1.52 bits per heavy atom. The van der Waals surface area contributed by atoms with Crippen molar-refractivity contribution in [2.75, 3.05) is 13.2 Å². The van der Waals surface area contributed by atoms with Gasteiger partial charge in [0.2, 0.25) is 5.91 Å². The lowest BCUT2D eigenvalue weighted by Crippen LogP contribution is -2.45. The van der Waals surface area contributed by atoms with Crippen molar-refractivity contribution in [2.45, 2.75) is 26.8 Å². The number of carbonyl (C=O) groups is 1. The molecule has 112 valence electrons. The molecule has 0 saturated carbocycles. The van der Waals surface area contributed by atoms with E-state index in [2.05, 4.69) is 4.98 Å². The van der Waals surface area contributed by atoms with Crippen LogP contribution in [-0.4, -0.2) is 35.4 Å². The summed E-state index contributed by atoms with van der Waals surface area (Å²) in [5.74, 6) is -0.269. The Bertz CT molecular complexity index is 596. The first-order chi connectivity index (χ1) is 9.87. The molecule has 0 N–H and O–H groups in total. The summed E-state index contributed by atoms with van der Waals surface area (Å²) in [5.41, 5.74) is -0.940. The number of nitrogens with zero attached hydrogens (tertiary/aromatic N) is 3. The van der Waals surface area contributed by atoms with Crippen LogP contribution in [0.25, 0.3) is 0 Å². The first-order valence-corrected chi connectivity index (χ1v) is 6.45. The predicted molar refractivity (Wildman–Crippen MR) is 69.6 cm³/mol. The lowest BCUT2D eigenvalue weighted by Gasteiger charge is -2.30. The number of hydrogen-bond donors (Lipinski definition) is 0. The van der Waals surface area contributed by atoms with E-state index < -0.39 is 17.7 Å². The molecule has 21 heavy (non-hydrogen) atoms. The maximum absolute atomic E-state index is 13.0. The van der Waals surface area contributed by atoms with E-state index in [1.807, 2.05) is 6.07 Å². The molecule has 0 aliphatic carbocycles. The first-order valence-electron chi connectivity index (χ1n) is 6.45. The van der Waals surface area contributed by atoms with Gasteiger partial charge in [-0.2, -0.15) is 5.26 Å². The Morgan fingerprint density at radius 2 is 2.24 bits per heavy atom. The van der Waals surface area contributed by atoms with Gasteiger partial charge in [0, 0.05) is 18.0 Å². The zero-order valence-corrected chi connectivity index (χ0v) is 11.8. The van der Waals surface area contributed by atoms with E-state index in [9.17, 15) is 13.6 Å². The SMILES string of the molecule is CC(C)(C(=O)N1CCOc2c(C#N)cncc2C1)C(F)F. The molecule has 7 heteroatoms. The van der Waals surface area contributed by atoms with Gasteiger partial charge in [0.15, 0.2) is 0 Å². The minimum absolute atomic E-state index is 0.104. The molecule has 0 fully saturated rings. The first kappa shape index (κ1) is 15.2. The van der Waals surface area contributed by atoms with Gasteiger partial charge in [-0.15, -0.1) is 0 Å². The van der Waals surface area contributed by atoms with E-state index in [1.54, 1.807) is 0 Å². The zero-order chi connectivity index (χ0) is 15.6. The summed E-state index contributed by atoms with van der Waals surface area (Å²) in [6, 6.07) is 1.96. The topological polar surface area (TPSA) is 66.2 Å². The van der Waals surface area contributed by atoms with Gasteiger partial charge in [0.05, 0.1) is 13.1 Å². The quantitative estimate of drug-likeness (QED) is 0.836. The molecule has 1 aliphatic heterocycles. The third-order valence-corrected chi connectivity index (χ3v) is 3.44. The van der Waals surface area contributed by atoms with Crippen molar-refractivity contribution >= 4 is 5.91 Å². The second kappa shape index (κ2) is 5.64. The summed E-state index contributed by atoms with van der Waals surface area (Å²) < 4.78 is 31.5. The number of aromatic nitrogens is 1. The van der Waals surface area contributed by atoms with Crippen LogP contribution < -0.4 is 4.74 Å². The van der Waals surface area contributed by atoms with E-state index in [4.69, 9.17) is 10.00 Å². The summed E-state index contributed by atoms with van der Waals surface area (Å²) in [7, 11) is 0. The highest BCUT2D eigenvalue weighted by Gasteiger charge is 2.41. The Kier molecular flexibility index (Phi) is 4.07. The molecule has 1 amide bonds. The fourth-order valence-electron chi connectivity index (χ4n) is 2.07. The molecule has 0 radical (unpaired) electrons. The third kappa shape index (κ3) is 2.79. The number of nitriles is 1. The fourth-order valence-corrected chi connectivity index (χ4v) is 2.07. The summed E-state index contributed by atoms with van der Waals surface area (Å²) in [5, 5.41) is 9.01. The molecule has 1 aliphatic rings. The van der Waals surface area contributed by atoms with E-state index in [-0.39, 0.29) is 25.3 Å². The van der Waals surface area contributed by atoms with Crippen molar-refractivity contribution < 1.29 is 18.3 Å². The molecule has 0 spiro atoms. The van der Waals surface area contributed by atoms with Crippen molar-refractivity contribution in [3.63, 3.8) is 0 Å². The van der Waals surface area contributed by atoms with Crippen LogP contribution in [0.5, 0.6) is 5.75 Å². The molecule has 2 rings (SSSR count). The minimum atomic E-state index is -2.75. The summed E-state index contributed by atoms with van der Waals surface area (Å²) in [6.07, 6.45) is 0.105. The second-order valence-electron chi connectivity index (χ2n) is 5.38. The van der Waals surface area contributed by atoms with Crippen LogP contribution in [0.2, 0.25) is 0 Å². The molecule has 0 atom stereocenters. The molecule has 5 nitrogen and oxygen atoms in total. The molecular formula is C14H15F2N3O2. The highest BCUT2D eigenvalue weighted by atomic mass is 19.3.